The standard InChI is InChI=1S/C23H20F2N6O/c24-18-13-19(25)21(30-7-9-31(10-8-30)22-3-1-2-6-26-22)12-17(18)23(32)28-16-4-5-20-15(11-16)14-27-29-20/h1-6,11-14H,7-10H2,(H,27,29)(H,28,32). The van der Waals surface area contributed by atoms with E-state index in [0.29, 0.717) is 31.9 Å². The molecule has 0 bridgehead atoms. The van der Waals surface area contributed by atoms with E-state index in [-0.39, 0.29) is 11.3 Å². The van der Waals surface area contributed by atoms with Gasteiger partial charge in [0, 0.05) is 49.5 Å². The van der Waals surface area contributed by atoms with Crippen LogP contribution in [0, 0.1) is 11.6 Å². The first kappa shape index (κ1) is 19.9. The Kier molecular flexibility index (Phi) is 5.14. The number of aromatic amines is 1. The monoisotopic (exact) mass is 434 g/mol. The molecule has 0 saturated carbocycles. The summed E-state index contributed by atoms with van der Waals surface area (Å²) in [7, 11) is 0. The first-order valence-electron chi connectivity index (χ1n) is 10.2. The number of carbonyl (C=O) groups is 1. The Bertz CT molecular complexity index is 1270. The van der Waals surface area contributed by atoms with Gasteiger partial charge in [0.05, 0.1) is 23.0 Å². The van der Waals surface area contributed by atoms with Crippen molar-refractivity contribution in [2.24, 2.45) is 0 Å². The number of halogens is 2. The highest BCUT2D eigenvalue weighted by Crippen LogP contribution is 2.26. The van der Waals surface area contributed by atoms with E-state index < -0.39 is 17.5 Å². The maximum absolute atomic E-state index is 14.6. The number of aromatic nitrogens is 3. The van der Waals surface area contributed by atoms with Crippen molar-refractivity contribution in [3.05, 3.63) is 78.1 Å². The average molecular weight is 434 g/mol. The number of anilines is 3. The van der Waals surface area contributed by atoms with E-state index in [9.17, 15) is 13.6 Å². The van der Waals surface area contributed by atoms with Crippen molar-refractivity contribution in [1.29, 1.82) is 0 Å². The molecule has 2 aromatic heterocycles. The Morgan fingerprint density at radius 2 is 1.78 bits per heavy atom. The van der Waals surface area contributed by atoms with Crippen molar-refractivity contribution in [2.45, 2.75) is 0 Å². The van der Waals surface area contributed by atoms with Crippen molar-refractivity contribution >= 4 is 34.0 Å². The van der Waals surface area contributed by atoms with Gasteiger partial charge in [0.2, 0.25) is 0 Å². The van der Waals surface area contributed by atoms with E-state index >= 15 is 0 Å². The Balaban J connectivity index is 1.34. The zero-order valence-electron chi connectivity index (χ0n) is 17.1. The number of rotatable bonds is 4. The van der Waals surface area contributed by atoms with Crippen LogP contribution in [0.25, 0.3) is 10.9 Å². The Morgan fingerprint density at radius 3 is 2.56 bits per heavy atom. The van der Waals surface area contributed by atoms with Crippen LogP contribution in [0.3, 0.4) is 0 Å². The zero-order valence-corrected chi connectivity index (χ0v) is 17.1. The van der Waals surface area contributed by atoms with Crippen LogP contribution in [0.1, 0.15) is 10.4 Å². The molecular weight excluding hydrogens is 414 g/mol. The Hall–Kier alpha value is -4.01. The third-order valence-electron chi connectivity index (χ3n) is 5.57. The number of amides is 1. The molecule has 1 aliphatic rings. The van der Waals surface area contributed by atoms with E-state index in [1.165, 1.54) is 6.07 Å². The van der Waals surface area contributed by atoms with Gasteiger partial charge in [0.1, 0.15) is 17.5 Å². The highest BCUT2D eigenvalue weighted by Gasteiger charge is 2.23. The van der Waals surface area contributed by atoms with Crippen molar-refractivity contribution < 1.29 is 13.6 Å². The van der Waals surface area contributed by atoms with Crippen molar-refractivity contribution in [1.82, 2.24) is 15.2 Å². The summed E-state index contributed by atoms with van der Waals surface area (Å²) in [6.45, 7) is 2.33. The number of nitrogens with zero attached hydrogens (tertiary/aromatic N) is 4. The third kappa shape index (κ3) is 3.84. The summed E-state index contributed by atoms with van der Waals surface area (Å²) in [6, 6.07) is 13.0. The summed E-state index contributed by atoms with van der Waals surface area (Å²) in [4.78, 5) is 21.0. The van der Waals surface area contributed by atoms with E-state index in [4.69, 9.17) is 0 Å². The SMILES string of the molecule is O=C(Nc1ccc2[nH]ncc2c1)c1cc(N2CCN(c3ccccn3)CC2)c(F)cc1F. The lowest BCUT2D eigenvalue weighted by atomic mass is 10.1. The molecule has 0 unspecified atom stereocenters. The number of fused-ring (bicyclic) bond motifs is 1. The quantitative estimate of drug-likeness (QED) is 0.511. The highest BCUT2D eigenvalue weighted by atomic mass is 19.1. The van der Waals surface area contributed by atoms with Crippen LogP contribution in [-0.4, -0.2) is 47.3 Å². The van der Waals surface area contributed by atoms with Crippen molar-refractivity contribution in [3.8, 4) is 0 Å². The van der Waals surface area contributed by atoms with Crippen LogP contribution in [-0.2, 0) is 0 Å². The number of hydrogen-bond donors (Lipinski definition) is 2. The first-order chi connectivity index (χ1) is 15.6. The second-order valence-electron chi connectivity index (χ2n) is 7.57. The van der Waals surface area contributed by atoms with Crippen molar-refractivity contribution in [3.63, 3.8) is 0 Å². The van der Waals surface area contributed by atoms with E-state index in [0.717, 1.165) is 22.8 Å². The Labute approximate surface area is 182 Å². The lowest BCUT2D eigenvalue weighted by molar-refractivity contribution is 0.102. The van der Waals surface area contributed by atoms with E-state index in [1.807, 2.05) is 23.1 Å². The number of benzene rings is 2. The normalized spacial score (nSPS) is 14.1. The number of H-pyrrole nitrogens is 1. The summed E-state index contributed by atoms with van der Waals surface area (Å²) < 4.78 is 29.1. The lowest BCUT2D eigenvalue weighted by Crippen LogP contribution is -2.47. The molecule has 7 nitrogen and oxygen atoms in total. The van der Waals surface area contributed by atoms with Gasteiger partial charge in [0.15, 0.2) is 0 Å². The minimum atomic E-state index is -0.903. The number of pyridine rings is 1. The molecule has 0 spiro atoms. The summed E-state index contributed by atoms with van der Waals surface area (Å²) in [5.41, 5.74) is 1.32. The summed E-state index contributed by atoms with van der Waals surface area (Å²) in [5, 5.41) is 10.3. The molecule has 0 radical (unpaired) electrons. The third-order valence-corrected chi connectivity index (χ3v) is 5.57. The summed E-state index contributed by atoms with van der Waals surface area (Å²) in [5.74, 6) is -1.37. The zero-order chi connectivity index (χ0) is 22.1. The van der Waals surface area contributed by atoms with Crippen LogP contribution in [0.4, 0.5) is 26.0 Å². The minimum Gasteiger partial charge on any atom is -0.366 e. The number of nitrogens with one attached hydrogen (secondary N) is 2. The van der Waals surface area contributed by atoms with Crippen LogP contribution in [0.5, 0.6) is 0 Å². The predicted octanol–water partition coefficient (Wildman–Crippen LogP) is 3.82. The van der Waals surface area contributed by atoms with Gasteiger partial charge in [0.25, 0.3) is 5.91 Å². The fraction of sp³-hybridized carbons (Fsp3) is 0.174. The van der Waals surface area contributed by atoms with Gasteiger partial charge in [-0.15, -0.1) is 0 Å². The second-order valence-corrected chi connectivity index (χ2v) is 7.57. The number of piperazine rings is 1. The molecule has 2 aromatic carbocycles. The van der Waals surface area contributed by atoms with Crippen LogP contribution in [0.2, 0.25) is 0 Å². The summed E-state index contributed by atoms with van der Waals surface area (Å²) in [6.07, 6.45) is 3.36. The van der Waals surface area contributed by atoms with Gasteiger partial charge in [-0.3, -0.25) is 9.89 Å². The largest absolute Gasteiger partial charge is 0.366 e. The molecule has 32 heavy (non-hydrogen) atoms. The van der Waals surface area contributed by atoms with Gasteiger partial charge in [-0.2, -0.15) is 5.10 Å². The van der Waals surface area contributed by atoms with Gasteiger partial charge >= 0.3 is 0 Å². The molecule has 0 atom stereocenters. The minimum absolute atomic E-state index is 0.208. The maximum Gasteiger partial charge on any atom is 0.258 e. The number of hydrogen-bond acceptors (Lipinski definition) is 5. The molecule has 1 fully saturated rings. The molecule has 2 N–H and O–H groups in total. The maximum atomic E-state index is 14.6. The second kappa shape index (κ2) is 8.26. The molecule has 1 saturated heterocycles. The van der Waals surface area contributed by atoms with Crippen LogP contribution in [0.15, 0.2) is 60.9 Å². The topological polar surface area (TPSA) is 77.2 Å². The van der Waals surface area contributed by atoms with Crippen LogP contribution < -0.4 is 15.1 Å². The predicted molar refractivity (Wildman–Crippen MR) is 119 cm³/mol. The molecule has 9 heteroatoms. The molecule has 4 aromatic rings. The molecule has 1 aliphatic heterocycles. The first-order valence-corrected chi connectivity index (χ1v) is 10.2. The number of carbonyl (C=O) groups excluding carboxylic acids is 1. The molecule has 162 valence electrons. The van der Waals surface area contributed by atoms with Gasteiger partial charge < -0.3 is 15.1 Å². The fourth-order valence-electron chi connectivity index (χ4n) is 3.89. The summed E-state index contributed by atoms with van der Waals surface area (Å²) >= 11 is 0. The van der Waals surface area contributed by atoms with Crippen molar-refractivity contribution in [2.75, 3.05) is 41.3 Å². The smallest absolute Gasteiger partial charge is 0.258 e. The molecule has 0 aliphatic carbocycles. The van der Waals surface area contributed by atoms with Gasteiger partial charge in [-0.1, -0.05) is 6.07 Å². The average Bonchev–Trinajstić information content (AvgIpc) is 3.28. The van der Waals surface area contributed by atoms with Gasteiger partial charge in [-0.25, -0.2) is 13.8 Å². The molecule has 3 heterocycles. The van der Waals surface area contributed by atoms with Gasteiger partial charge in [-0.05, 0) is 36.4 Å². The fourth-order valence-corrected chi connectivity index (χ4v) is 3.89. The lowest BCUT2D eigenvalue weighted by Gasteiger charge is -2.37. The van der Waals surface area contributed by atoms with Crippen LogP contribution >= 0.6 is 0 Å². The Morgan fingerprint density at radius 1 is 0.969 bits per heavy atom. The van der Waals surface area contributed by atoms with E-state index in [1.54, 1.807) is 30.6 Å². The highest BCUT2D eigenvalue weighted by molar-refractivity contribution is 6.05. The molecule has 5 rings (SSSR count). The van der Waals surface area contributed by atoms with E-state index in [2.05, 4.69) is 25.4 Å². The molecule has 1 amide bonds. The molecular formula is C23H20F2N6O.